The second-order valence-corrected chi connectivity index (χ2v) is 5.77. The van der Waals surface area contributed by atoms with Crippen LogP contribution in [0.5, 0.6) is 0 Å². The summed E-state index contributed by atoms with van der Waals surface area (Å²) in [6.07, 6.45) is 0.139. The van der Waals surface area contributed by atoms with E-state index >= 15 is 0 Å². The summed E-state index contributed by atoms with van der Waals surface area (Å²) in [4.78, 5) is 2.66. The number of benzene rings is 1. The molecule has 2 rings (SSSR count). The van der Waals surface area contributed by atoms with Gasteiger partial charge in [0, 0.05) is 16.3 Å². The molecule has 0 radical (unpaired) electrons. The lowest BCUT2D eigenvalue weighted by Gasteiger charge is -2.12. The van der Waals surface area contributed by atoms with Crippen molar-refractivity contribution in [3.63, 3.8) is 0 Å². The highest BCUT2D eigenvalue weighted by atomic mass is 32.1. The molecule has 102 valence electrons. The van der Waals surface area contributed by atoms with E-state index in [1.54, 1.807) is 0 Å². The molecule has 3 heteroatoms. The van der Waals surface area contributed by atoms with Gasteiger partial charge in [-0.15, -0.1) is 11.3 Å². The summed E-state index contributed by atoms with van der Waals surface area (Å²) in [5, 5.41) is 3.34. The van der Waals surface area contributed by atoms with E-state index in [9.17, 15) is 0 Å². The summed E-state index contributed by atoms with van der Waals surface area (Å²) in [6, 6.07) is 14.7. The van der Waals surface area contributed by atoms with Crippen LogP contribution < -0.4 is 5.32 Å². The van der Waals surface area contributed by atoms with Gasteiger partial charge in [-0.05, 0) is 31.2 Å². The van der Waals surface area contributed by atoms with Gasteiger partial charge in [0.25, 0.3) is 0 Å². The Bertz CT molecular complexity index is 481. The van der Waals surface area contributed by atoms with Crippen molar-refractivity contribution in [1.29, 1.82) is 0 Å². The fraction of sp³-hybridized carbons (Fsp3) is 0.375. The van der Waals surface area contributed by atoms with Crippen molar-refractivity contribution in [2.24, 2.45) is 0 Å². The fourth-order valence-corrected chi connectivity index (χ4v) is 2.78. The standard InChI is InChI=1S/C16H21NOS/c1-3-17-11-15-9-10-16(19-15)12-18-13(2)14-7-5-4-6-8-14/h4-10,13,17H,3,11-12H2,1-2H3. The number of nitrogens with one attached hydrogen (secondary N) is 1. The SMILES string of the molecule is CCNCc1ccc(COC(C)c2ccccc2)s1. The lowest BCUT2D eigenvalue weighted by molar-refractivity contribution is 0.0542. The van der Waals surface area contributed by atoms with E-state index in [1.165, 1.54) is 15.3 Å². The molecule has 0 aliphatic heterocycles. The molecule has 1 aromatic heterocycles. The molecule has 0 spiro atoms. The largest absolute Gasteiger partial charge is 0.368 e. The molecule has 0 saturated carbocycles. The Morgan fingerprint density at radius 1 is 1.11 bits per heavy atom. The van der Waals surface area contributed by atoms with Gasteiger partial charge in [-0.2, -0.15) is 0 Å². The number of hydrogen-bond acceptors (Lipinski definition) is 3. The van der Waals surface area contributed by atoms with Gasteiger partial charge in [0.2, 0.25) is 0 Å². The van der Waals surface area contributed by atoms with Gasteiger partial charge < -0.3 is 10.1 Å². The number of rotatable bonds is 7. The molecule has 1 N–H and O–H groups in total. The van der Waals surface area contributed by atoms with Crippen molar-refractivity contribution in [2.75, 3.05) is 6.54 Å². The van der Waals surface area contributed by atoms with E-state index in [1.807, 2.05) is 17.4 Å². The van der Waals surface area contributed by atoms with Crippen LogP contribution in [0.4, 0.5) is 0 Å². The van der Waals surface area contributed by atoms with Crippen molar-refractivity contribution in [2.45, 2.75) is 33.1 Å². The molecule has 19 heavy (non-hydrogen) atoms. The third-order valence-electron chi connectivity index (χ3n) is 3.01. The first-order valence-electron chi connectivity index (χ1n) is 6.74. The van der Waals surface area contributed by atoms with Gasteiger partial charge in [-0.25, -0.2) is 0 Å². The predicted octanol–water partition coefficient (Wildman–Crippen LogP) is 4.14. The summed E-state index contributed by atoms with van der Waals surface area (Å²) >= 11 is 1.82. The van der Waals surface area contributed by atoms with E-state index in [-0.39, 0.29) is 6.10 Å². The molecule has 1 atom stereocenters. The monoisotopic (exact) mass is 275 g/mol. The Labute approximate surface area is 119 Å². The van der Waals surface area contributed by atoms with Gasteiger partial charge in [0.1, 0.15) is 0 Å². The summed E-state index contributed by atoms with van der Waals surface area (Å²) in [5.41, 5.74) is 1.23. The molecule has 0 aliphatic rings. The first kappa shape index (κ1) is 14.3. The Morgan fingerprint density at radius 3 is 2.58 bits per heavy atom. The molecule has 0 fully saturated rings. The van der Waals surface area contributed by atoms with Crippen LogP contribution in [-0.4, -0.2) is 6.54 Å². The molecule has 2 nitrogen and oxygen atoms in total. The Balaban J connectivity index is 1.83. The molecule has 0 amide bonds. The lowest BCUT2D eigenvalue weighted by atomic mass is 10.1. The normalized spacial score (nSPS) is 12.5. The molecule has 0 aliphatic carbocycles. The van der Waals surface area contributed by atoms with E-state index in [0.29, 0.717) is 6.61 Å². The van der Waals surface area contributed by atoms with E-state index < -0.39 is 0 Å². The summed E-state index contributed by atoms with van der Waals surface area (Å²) in [5.74, 6) is 0. The Kier molecular flexibility index (Phi) is 5.58. The molecule has 1 unspecified atom stereocenters. The molecular weight excluding hydrogens is 254 g/mol. The maximum Gasteiger partial charge on any atom is 0.0817 e. The highest BCUT2D eigenvalue weighted by Crippen LogP contribution is 2.22. The molecule has 1 heterocycles. The maximum atomic E-state index is 5.92. The Morgan fingerprint density at radius 2 is 1.84 bits per heavy atom. The van der Waals surface area contributed by atoms with Crippen LogP contribution in [0.3, 0.4) is 0 Å². The molecule has 0 saturated heterocycles. The van der Waals surface area contributed by atoms with Crippen LogP contribution in [0, 0.1) is 0 Å². The van der Waals surface area contributed by atoms with Gasteiger partial charge in [0.15, 0.2) is 0 Å². The molecule has 0 bridgehead atoms. The minimum absolute atomic E-state index is 0.139. The topological polar surface area (TPSA) is 21.3 Å². The number of hydrogen-bond donors (Lipinski definition) is 1. The average molecular weight is 275 g/mol. The zero-order valence-corrected chi connectivity index (χ0v) is 12.4. The minimum Gasteiger partial charge on any atom is -0.368 e. The van der Waals surface area contributed by atoms with Gasteiger partial charge in [-0.1, -0.05) is 37.3 Å². The predicted molar refractivity (Wildman–Crippen MR) is 81.3 cm³/mol. The van der Waals surface area contributed by atoms with Crippen molar-refractivity contribution in [3.8, 4) is 0 Å². The summed E-state index contributed by atoms with van der Waals surface area (Å²) in [6.45, 7) is 6.87. The quantitative estimate of drug-likeness (QED) is 0.820. The molecule has 1 aromatic carbocycles. The average Bonchev–Trinajstić information content (AvgIpc) is 2.91. The van der Waals surface area contributed by atoms with Crippen LogP contribution in [0.2, 0.25) is 0 Å². The van der Waals surface area contributed by atoms with Crippen molar-refractivity contribution < 1.29 is 4.74 Å². The summed E-state index contributed by atoms with van der Waals surface area (Å²) < 4.78 is 5.92. The Hall–Kier alpha value is -1.16. The third-order valence-corrected chi connectivity index (χ3v) is 4.07. The van der Waals surface area contributed by atoms with Crippen molar-refractivity contribution in [1.82, 2.24) is 5.32 Å². The van der Waals surface area contributed by atoms with Gasteiger partial charge >= 0.3 is 0 Å². The number of thiophene rings is 1. The second-order valence-electron chi connectivity index (χ2n) is 4.51. The molecule has 2 aromatic rings. The number of ether oxygens (including phenoxy) is 1. The fourth-order valence-electron chi connectivity index (χ4n) is 1.87. The summed E-state index contributed by atoms with van der Waals surface area (Å²) in [7, 11) is 0. The van der Waals surface area contributed by atoms with Crippen LogP contribution >= 0.6 is 11.3 Å². The highest BCUT2D eigenvalue weighted by Gasteiger charge is 2.06. The van der Waals surface area contributed by atoms with Crippen molar-refractivity contribution >= 4 is 11.3 Å². The van der Waals surface area contributed by atoms with E-state index in [4.69, 9.17) is 4.74 Å². The van der Waals surface area contributed by atoms with Gasteiger partial charge in [0.05, 0.1) is 12.7 Å². The van der Waals surface area contributed by atoms with Crippen LogP contribution in [0.1, 0.15) is 35.3 Å². The molecular formula is C16H21NOS. The van der Waals surface area contributed by atoms with E-state index in [0.717, 1.165) is 13.1 Å². The minimum atomic E-state index is 0.139. The lowest BCUT2D eigenvalue weighted by Crippen LogP contribution is -2.10. The van der Waals surface area contributed by atoms with Crippen LogP contribution in [0.15, 0.2) is 42.5 Å². The van der Waals surface area contributed by atoms with Gasteiger partial charge in [-0.3, -0.25) is 0 Å². The first-order chi connectivity index (χ1) is 9.29. The third kappa shape index (κ3) is 4.46. The zero-order chi connectivity index (χ0) is 13.5. The van der Waals surface area contributed by atoms with E-state index in [2.05, 4.69) is 55.6 Å². The smallest absolute Gasteiger partial charge is 0.0817 e. The zero-order valence-electron chi connectivity index (χ0n) is 11.6. The van der Waals surface area contributed by atoms with Crippen molar-refractivity contribution in [3.05, 3.63) is 57.8 Å². The first-order valence-corrected chi connectivity index (χ1v) is 7.56. The van der Waals surface area contributed by atoms with Crippen LogP contribution in [-0.2, 0) is 17.9 Å². The van der Waals surface area contributed by atoms with Crippen LogP contribution in [0.25, 0.3) is 0 Å². The highest BCUT2D eigenvalue weighted by molar-refractivity contribution is 7.11. The maximum absolute atomic E-state index is 5.92. The second kappa shape index (κ2) is 7.43.